The van der Waals surface area contributed by atoms with Crippen LogP contribution in [0.2, 0.25) is 0 Å². The van der Waals surface area contributed by atoms with Crippen LogP contribution in [0.15, 0.2) is 12.7 Å². The van der Waals surface area contributed by atoms with Gasteiger partial charge < -0.3 is 9.47 Å². The lowest BCUT2D eigenvalue weighted by atomic mass is 10.2. The van der Waals surface area contributed by atoms with E-state index in [1.54, 1.807) is 0 Å². The lowest BCUT2D eigenvalue weighted by Gasteiger charge is -2.12. The minimum Gasteiger partial charge on any atom is -0.430 e. The summed E-state index contributed by atoms with van der Waals surface area (Å²) in [6.45, 7) is 2.82. The molecule has 0 radical (unpaired) electrons. The van der Waals surface area contributed by atoms with Crippen LogP contribution in [-0.2, 0) is 9.47 Å². The molecule has 0 aliphatic carbocycles. The van der Waals surface area contributed by atoms with Crippen LogP contribution in [0.25, 0.3) is 0 Å². The van der Waals surface area contributed by atoms with E-state index in [4.69, 9.17) is 0 Å². The molecule has 0 saturated carbocycles. The number of carbonyl (C=O) groups is 1. The maximum Gasteiger partial charge on any atom is 0.509 e. The third-order valence-electron chi connectivity index (χ3n) is 1.57. The molecule has 9 nitrogen and oxygen atoms in total. The average Bonchev–Trinajstić information content (AvgIpc) is 2.22. The molecule has 0 amide bonds. The number of hydrogen-bond donors (Lipinski definition) is 0. The average molecular weight is 234 g/mol. The molecule has 9 heteroatoms. The summed E-state index contributed by atoms with van der Waals surface area (Å²) in [5, 5.41) is 20.8. The molecule has 0 aromatic heterocycles. The van der Waals surface area contributed by atoms with Crippen LogP contribution < -0.4 is 0 Å². The largest absolute Gasteiger partial charge is 0.509 e. The molecule has 0 saturated heterocycles. The summed E-state index contributed by atoms with van der Waals surface area (Å²) in [6, 6.07) is 0. The first-order valence-corrected chi connectivity index (χ1v) is 4.04. The standard InChI is InChI=1S/C7H10N2O7/c1-3-4-15-6(10)16-5-7(2,8(11)12)9(13)14/h3H,1,4-5H2,2H3. The molecule has 0 spiro atoms. The summed E-state index contributed by atoms with van der Waals surface area (Å²) in [5.74, 6) is 0. The van der Waals surface area contributed by atoms with Crippen molar-refractivity contribution in [2.24, 2.45) is 0 Å². The van der Waals surface area contributed by atoms with Gasteiger partial charge in [0.1, 0.15) is 16.5 Å². The van der Waals surface area contributed by atoms with Crippen molar-refractivity contribution in [2.45, 2.75) is 12.6 Å². The Morgan fingerprint density at radius 3 is 2.25 bits per heavy atom. The monoisotopic (exact) mass is 234 g/mol. The highest BCUT2D eigenvalue weighted by molar-refractivity contribution is 5.59. The maximum atomic E-state index is 10.8. The van der Waals surface area contributed by atoms with Gasteiger partial charge >= 0.3 is 11.8 Å². The van der Waals surface area contributed by atoms with Gasteiger partial charge in [-0.25, -0.2) is 4.79 Å². The molecule has 0 N–H and O–H groups in total. The lowest BCUT2D eigenvalue weighted by molar-refractivity contribution is -0.793. The van der Waals surface area contributed by atoms with Crippen LogP contribution >= 0.6 is 0 Å². The van der Waals surface area contributed by atoms with Gasteiger partial charge in [-0.2, -0.15) is 0 Å². The van der Waals surface area contributed by atoms with E-state index in [9.17, 15) is 25.0 Å². The second-order valence-corrected chi connectivity index (χ2v) is 2.87. The SMILES string of the molecule is C=CCOC(=O)OCC(C)([N+](=O)[O-])[N+](=O)[O-]. The minimum absolute atomic E-state index is 0.146. The van der Waals surface area contributed by atoms with Crippen LogP contribution in [0.5, 0.6) is 0 Å². The smallest absolute Gasteiger partial charge is 0.430 e. The molecule has 0 aromatic carbocycles. The van der Waals surface area contributed by atoms with E-state index in [1.165, 1.54) is 6.08 Å². The van der Waals surface area contributed by atoms with Crippen LogP contribution in [0.1, 0.15) is 6.92 Å². The summed E-state index contributed by atoms with van der Waals surface area (Å²) in [5.41, 5.74) is -2.58. The van der Waals surface area contributed by atoms with Crippen LogP contribution in [-0.4, -0.2) is 34.9 Å². The van der Waals surface area contributed by atoms with Gasteiger partial charge in [0, 0.05) is 0 Å². The van der Waals surface area contributed by atoms with Gasteiger partial charge in [0.15, 0.2) is 0 Å². The van der Waals surface area contributed by atoms with E-state index in [2.05, 4.69) is 16.1 Å². The number of carbonyl (C=O) groups excluding carboxylic acids is 1. The van der Waals surface area contributed by atoms with Gasteiger partial charge in [-0.1, -0.05) is 12.7 Å². The topological polar surface area (TPSA) is 122 Å². The molecule has 16 heavy (non-hydrogen) atoms. The number of nitro groups is 2. The number of rotatable bonds is 6. The Hall–Kier alpha value is -2.19. The van der Waals surface area contributed by atoms with Crippen LogP contribution in [0.3, 0.4) is 0 Å². The van der Waals surface area contributed by atoms with Gasteiger partial charge in [0.2, 0.25) is 6.61 Å². The van der Waals surface area contributed by atoms with Gasteiger partial charge in [0.25, 0.3) is 0 Å². The summed E-state index contributed by atoms with van der Waals surface area (Å²) >= 11 is 0. The lowest BCUT2D eigenvalue weighted by Crippen LogP contribution is -2.47. The Labute approximate surface area is 89.9 Å². The van der Waals surface area contributed by atoms with Gasteiger partial charge in [-0.05, 0) is 0 Å². The zero-order valence-electron chi connectivity index (χ0n) is 8.45. The van der Waals surface area contributed by atoms with Crippen molar-refractivity contribution >= 4 is 6.16 Å². The van der Waals surface area contributed by atoms with E-state index in [1.807, 2.05) is 0 Å². The summed E-state index contributed by atoms with van der Waals surface area (Å²) in [6.07, 6.45) is 0.0244. The van der Waals surface area contributed by atoms with E-state index >= 15 is 0 Å². The number of ether oxygens (including phenoxy) is 2. The molecule has 0 rings (SSSR count). The molecule has 0 aliphatic rings. The second kappa shape index (κ2) is 5.63. The Bertz CT molecular complexity index is 300. The predicted molar refractivity (Wildman–Crippen MR) is 49.9 cm³/mol. The number of hydrogen-bond acceptors (Lipinski definition) is 7. The fourth-order valence-corrected chi connectivity index (χ4v) is 0.536. The zero-order chi connectivity index (χ0) is 12.8. The Morgan fingerprint density at radius 2 is 1.88 bits per heavy atom. The molecular formula is C7H10N2O7. The molecule has 0 atom stereocenters. The third-order valence-corrected chi connectivity index (χ3v) is 1.57. The van der Waals surface area contributed by atoms with E-state index in [0.29, 0.717) is 0 Å². The molecular weight excluding hydrogens is 224 g/mol. The van der Waals surface area contributed by atoms with Crippen LogP contribution in [0.4, 0.5) is 4.79 Å². The van der Waals surface area contributed by atoms with Crippen molar-refractivity contribution in [3.63, 3.8) is 0 Å². The molecule has 0 bridgehead atoms. The Morgan fingerprint density at radius 1 is 1.38 bits per heavy atom. The fourth-order valence-electron chi connectivity index (χ4n) is 0.536. The summed E-state index contributed by atoms with van der Waals surface area (Å²) in [4.78, 5) is 29.3. The number of nitrogens with zero attached hydrogens (tertiary/aromatic N) is 2. The van der Waals surface area contributed by atoms with E-state index in [-0.39, 0.29) is 6.61 Å². The third kappa shape index (κ3) is 3.52. The van der Waals surface area contributed by atoms with E-state index < -0.39 is 28.3 Å². The van der Waals surface area contributed by atoms with Gasteiger partial charge in [-0.3, -0.25) is 20.2 Å². The highest BCUT2D eigenvalue weighted by atomic mass is 16.7. The van der Waals surface area contributed by atoms with Crippen molar-refractivity contribution in [1.82, 2.24) is 0 Å². The van der Waals surface area contributed by atoms with E-state index in [0.717, 1.165) is 6.92 Å². The second-order valence-electron chi connectivity index (χ2n) is 2.87. The Kier molecular flexibility index (Phi) is 4.86. The quantitative estimate of drug-likeness (QED) is 0.217. The summed E-state index contributed by atoms with van der Waals surface area (Å²) in [7, 11) is 0. The maximum absolute atomic E-state index is 10.8. The first kappa shape index (κ1) is 13.8. The van der Waals surface area contributed by atoms with Gasteiger partial charge in [0.05, 0.1) is 6.92 Å². The summed E-state index contributed by atoms with van der Waals surface area (Å²) < 4.78 is 8.56. The highest BCUT2D eigenvalue weighted by Crippen LogP contribution is 2.10. The van der Waals surface area contributed by atoms with Crippen LogP contribution in [0, 0.1) is 20.2 Å². The van der Waals surface area contributed by atoms with Crippen molar-refractivity contribution in [2.75, 3.05) is 13.2 Å². The zero-order valence-corrected chi connectivity index (χ0v) is 8.45. The molecule has 0 fully saturated rings. The molecule has 90 valence electrons. The first-order chi connectivity index (χ1) is 7.34. The van der Waals surface area contributed by atoms with Gasteiger partial charge in [-0.15, -0.1) is 0 Å². The van der Waals surface area contributed by atoms with Crippen molar-refractivity contribution in [1.29, 1.82) is 0 Å². The van der Waals surface area contributed by atoms with Crippen molar-refractivity contribution < 1.29 is 24.1 Å². The molecule has 0 unspecified atom stereocenters. The first-order valence-electron chi connectivity index (χ1n) is 4.04. The molecule has 0 aromatic rings. The Balaban J connectivity index is 4.34. The van der Waals surface area contributed by atoms with Crippen molar-refractivity contribution in [3.05, 3.63) is 32.9 Å². The molecule has 0 heterocycles. The van der Waals surface area contributed by atoms with Crippen molar-refractivity contribution in [3.8, 4) is 0 Å². The fraction of sp³-hybridized carbons (Fsp3) is 0.571. The minimum atomic E-state index is -2.58. The predicted octanol–water partition coefficient (Wildman–Crippen LogP) is 0.595. The highest BCUT2D eigenvalue weighted by Gasteiger charge is 2.52. The normalized spacial score (nSPS) is 10.3. The molecule has 0 aliphatic heterocycles.